The van der Waals surface area contributed by atoms with Crippen LogP contribution >= 0.6 is 11.3 Å². The van der Waals surface area contributed by atoms with Crippen LogP contribution in [0.15, 0.2) is 51.1 Å². The van der Waals surface area contributed by atoms with Gasteiger partial charge in [-0.1, -0.05) is 18.2 Å². The Morgan fingerprint density at radius 1 is 1.28 bits per heavy atom. The third kappa shape index (κ3) is 3.08. The summed E-state index contributed by atoms with van der Waals surface area (Å²) in [5.41, 5.74) is 0.695. The van der Waals surface area contributed by atoms with Crippen molar-refractivity contribution in [2.24, 2.45) is 0 Å². The van der Waals surface area contributed by atoms with Gasteiger partial charge < -0.3 is 9.15 Å². The standard InChI is InChI=1S/C17H17NO5S2/c1-11(14-10-12-6-4-5-7-13(12)23-14)18(2)25(20,21)15-8-9-24-16(15)17(19)22-3/h4-11H,1-3H3/t11-/m0/s1. The number of para-hydroxylation sites is 1. The number of methoxy groups -OCH3 is 1. The molecule has 8 heteroatoms. The molecule has 0 N–H and O–H groups in total. The van der Waals surface area contributed by atoms with Crippen molar-refractivity contribution in [3.63, 3.8) is 0 Å². The lowest BCUT2D eigenvalue weighted by molar-refractivity contribution is 0.0602. The molecule has 1 aromatic carbocycles. The first-order chi connectivity index (χ1) is 11.9. The second-order valence-corrected chi connectivity index (χ2v) is 8.37. The van der Waals surface area contributed by atoms with Crippen LogP contribution in [0.2, 0.25) is 0 Å². The van der Waals surface area contributed by atoms with Gasteiger partial charge in [0.25, 0.3) is 0 Å². The molecule has 0 fully saturated rings. The smallest absolute Gasteiger partial charge is 0.349 e. The van der Waals surface area contributed by atoms with Crippen LogP contribution in [-0.2, 0) is 14.8 Å². The molecule has 0 aliphatic rings. The number of carbonyl (C=O) groups is 1. The Morgan fingerprint density at radius 3 is 2.68 bits per heavy atom. The van der Waals surface area contributed by atoms with Gasteiger partial charge in [0, 0.05) is 12.4 Å². The van der Waals surface area contributed by atoms with Crippen LogP contribution in [0.25, 0.3) is 11.0 Å². The lowest BCUT2D eigenvalue weighted by Gasteiger charge is -2.22. The maximum absolute atomic E-state index is 12.9. The highest BCUT2D eigenvalue weighted by atomic mass is 32.2. The van der Waals surface area contributed by atoms with E-state index in [1.807, 2.05) is 30.3 Å². The van der Waals surface area contributed by atoms with Crippen molar-refractivity contribution < 1.29 is 22.4 Å². The molecule has 0 radical (unpaired) electrons. The molecule has 2 aromatic heterocycles. The Morgan fingerprint density at radius 2 is 2.00 bits per heavy atom. The van der Waals surface area contributed by atoms with E-state index in [4.69, 9.17) is 4.42 Å². The Kier molecular flexibility index (Phi) is 4.68. The van der Waals surface area contributed by atoms with Gasteiger partial charge in [-0.15, -0.1) is 11.3 Å². The predicted octanol–water partition coefficient (Wildman–Crippen LogP) is 3.66. The van der Waals surface area contributed by atoms with Gasteiger partial charge in [0.1, 0.15) is 21.1 Å². The van der Waals surface area contributed by atoms with Gasteiger partial charge in [-0.05, 0) is 30.5 Å². The molecule has 0 aliphatic carbocycles. The van der Waals surface area contributed by atoms with E-state index in [0.717, 1.165) is 16.7 Å². The fraction of sp³-hybridized carbons (Fsp3) is 0.235. The molecule has 0 unspecified atom stereocenters. The van der Waals surface area contributed by atoms with Crippen molar-refractivity contribution in [1.29, 1.82) is 0 Å². The van der Waals surface area contributed by atoms with E-state index in [1.165, 1.54) is 24.5 Å². The monoisotopic (exact) mass is 379 g/mol. The number of thiophene rings is 1. The van der Waals surface area contributed by atoms with E-state index in [-0.39, 0.29) is 9.77 Å². The number of hydrogen-bond donors (Lipinski definition) is 0. The predicted molar refractivity (Wildman–Crippen MR) is 95.2 cm³/mol. The van der Waals surface area contributed by atoms with E-state index < -0.39 is 22.0 Å². The van der Waals surface area contributed by atoms with E-state index >= 15 is 0 Å². The molecule has 132 valence electrons. The molecule has 25 heavy (non-hydrogen) atoms. The lowest BCUT2D eigenvalue weighted by Crippen LogP contribution is -2.30. The average Bonchev–Trinajstić information content (AvgIpc) is 3.26. The molecule has 0 amide bonds. The molecule has 1 atom stereocenters. The Bertz CT molecular complexity index is 986. The summed E-state index contributed by atoms with van der Waals surface area (Å²) in [6, 6.07) is 10.2. The number of ether oxygens (including phenoxy) is 1. The molecule has 2 heterocycles. The summed E-state index contributed by atoms with van der Waals surface area (Å²) in [6.45, 7) is 1.74. The molecule has 3 aromatic rings. The molecular weight excluding hydrogens is 362 g/mol. The zero-order chi connectivity index (χ0) is 18.2. The van der Waals surface area contributed by atoms with Crippen LogP contribution in [0.5, 0.6) is 0 Å². The van der Waals surface area contributed by atoms with Crippen molar-refractivity contribution in [2.75, 3.05) is 14.2 Å². The summed E-state index contributed by atoms with van der Waals surface area (Å²) in [7, 11) is -1.20. The minimum atomic E-state index is -3.88. The summed E-state index contributed by atoms with van der Waals surface area (Å²) in [5.74, 6) is -0.138. The molecule has 0 saturated heterocycles. The third-order valence-corrected chi connectivity index (χ3v) is 7.05. The zero-order valence-electron chi connectivity index (χ0n) is 13.9. The number of furan rings is 1. The highest BCUT2D eigenvalue weighted by Crippen LogP contribution is 2.32. The maximum atomic E-state index is 12.9. The van der Waals surface area contributed by atoms with E-state index in [9.17, 15) is 13.2 Å². The van der Waals surface area contributed by atoms with Crippen molar-refractivity contribution in [3.05, 3.63) is 52.4 Å². The topological polar surface area (TPSA) is 76.8 Å². The number of esters is 1. The number of nitrogens with zero attached hydrogens (tertiary/aromatic N) is 1. The van der Waals surface area contributed by atoms with E-state index in [2.05, 4.69) is 4.74 Å². The second kappa shape index (κ2) is 6.62. The molecule has 0 bridgehead atoms. The van der Waals surface area contributed by atoms with Gasteiger partial charge in [-0.3, -0.25) is 0 Å². The van der Waals surface area contributed by atoms with Crippen molar-refractivity contribution in [2.45, 2.75) is 17.9 Å². The molecule has 6 nitrogen and oxygen atoms in total. The summed E-state index contributed by atoms with van der Waals surface area (Å²) >= 11 is 1.03. The van der Waals surface area contributed by atoms with Crippen LogP contribution in [-0.4, -0.2) is 32.8 Å². The molecule has 0 saturated carbocycles. The highest BCUT2D eigenvalue weighted by molar-refractivity contribution is 7.89. The van der Waals surface area contributed by atoms with Gasteiger partial charge in [0.15, 0.2) is 0 Å². The highest BCUT2D eigenvalue weighted by Gasteiger charge is 2.32. The average molecular weight is 379 g/mol. The Labute approximate surface area is 149 Å². The SMILES string of the molecule is COC(=O)c1sccc1S(=O)(=O)N(C)[C@@H](C)c1cc2ccccc2o1. The quantitative estimate of drug-likeness (QED) is 0.632. The lowest BCUT2D eigenvalue weighted by atomic mass is 10.2. The van der Waals surface area contributed by atoms with Gasteiger partial charge in [0.05, 0.1) is 13.2 Å². The molecular formula is C17H17NO5S2. The van der Waals surface area contributed by atoms with Crippen molar-refractivity contribution in [1.82, 2.24) is 4.31 Å². The minimum absolute atomic E-state index is 0.0604. The summed E-state index contributed by atoms with van der Waals surface area (Å²) < 4.78 is 37.5. The summed E-state index contributed by atoms with van der Waals surface area (Å²) in [4.78, 5) is 11.8. The number of hydrogen-bond acceptors (Lipinski definition) is 6. The summed E-state index contributed by atoms with van der Waals surface area (Å²) in [6.07, 6.45) is 0. The van der Waals surface area contributed by atoms with Crippen LogP contribution in [0.4, 0.5) is 0 Å². The molecule has 0 aliphatic heterocycles. The molecule has 3 rings (SSSR count). The van der Waals surface area contributed by atoms with E-state index in [0.29, 0.717) is 11.3 Å². The number of benzene rings is 1. The normalized spacial score (nSPS) is 13.3. The van der Waals surface area contributed by atoms with Gasteiger partial charge in [-0.25, -0.2) is 13.2 Å². The van der Waals surface area contributed by atoms with Crippen LogP contribution in [0.1, 0.15) is 28.4 Å². The largest absolute Gasteiger partial charge is 0.465 e. The number of sulfonamides is 1. The van der Waals surface area contributed by atoms with Crippen molar-refractivity contribution >= 4 is 38.3 Å². The van der Waals surface area contributed by atoms with Crippen LogP contribution in [0, 0.1) is 0 Å². The second-order valence-electron chi connectivity index (χ2n) is 5.49. The zero-order valence-corrected chi connectivity index (χ0v) is 15.6. The Hall–Kier alpha value is -2.16. The minimum Gasteiger partial charge on any atom is -0.465 e. The van der Waals surface area contributed by atoms with Crippen molar-refractivity contribution in [3.8, 4) is 0 Å². The van der Waals surface area contributed by atoms with Crippen LogP contribution in [0.3, 0.4) is 0 Å². The van der Waals surface area contributed by atoms with Gasteiger partial charge >= 0.3 is 5.97 Å². The number of rotatable bonds is 5. The first kappa shape index (κ1) is 17.7. The van der Waals surface area contributed by atoms with Crippen LogP contribution < -0.4 is 0 Å². The first-order valence-electron chi connectivity index (χ1n) is 7.48. The van der Waals surface area contributed by atoms with E-state index in [1.54, 1.807) is 12.3 Å². The first-order valence-corrected chi connectivity index (χ1v) is 9.80. The Balaban J connectivity index is 1.97. The third-order valence-electron chi connectivity index (χ3n) is 4.06. The number of carbonyl (C=O) groups excluding carboxylic acids is 1. The fourth-order valence-electron chi connectivity index (χ4n) is 2.49. The number of fused-ring (bicyclic) bond motifs is 1. The fourth-order valence-corrected chi connectivity index (χ4v) is 5.13. The maximum Gasteiger partial charge on any atom is 0.349 e. The van der Waals surface area contributed by atoms with Gasteiger partial charge in [0.2, 0.25) is 10.0 Å². The summed E-state index contributed by atoms with van der Waals surface area (Å²) in [5, 5.41) is 2.46. The van der Waals surface area contributed by atoms with Gasteiger partial charge in [-0.2, -0.15) is 4.31 Å². The molecule has 0 spiro atoms.